The minimum absolute atomic E-state index is 0.337. The van der Waals surface area contributed by atoms with Crippen LogP contribution in [0.25, 0.3) is 0 Å². The lowest BCUT2D eigenvalue weighted by Gasteiger charge is -2.05. The molecule has 2 heterocycles. The fourth-order valence-electron chi connectivity index (χ4n) is 1.69. The highest BCUT2D eigenvalue weighted by Crippen LogP contribution is 1.98. The van der Waals surface area contributed by atoms with Crippen LogP contribution >= 0.6 is 0 Å². The zero-order valence-corrected chi connectivity index (χ0v) is 10.1. The van der Waals surface area contributed by atoms with Gasteiger partial charge in [-0.25, -0.2) is 4.79 Å². The maximum atomic E-state index is 11.5. The average molecular weight is 249 g/mol. The van der Waals surface area contributed by atoms with Gasteiger partial charge in [-0.15, -0.1) is 0 Å². The third-order valence-corrected chi connectivity index (χ3v) is 2.64. The molecule has 0 fully saturated rings. The van der Waals surface area contributed by atoms with Gasteiger partial charge in [-0.2, -0.15) is 5.10 Å². The third-order valence-electron chi connectivity index (χ3n) is 2.64. The van der Waals surface area contributed by atoms with Crippen molar-refractivity contribution in [2.45, 2.75) is 26.4 Å². The van der Waals surface area contributed by atoms with Gasteiger partial charge in [0.25, 0.3) is 5.56 Å². The number of nitrogens with one attached hydrogen (secondary N) is 1. The summed E-state index contributed by atoms with van der Waals surface area (Å²) in [4.78, 5) is 25.0. The highest BCUT2D eigenvalue weighted by Gasteiger charge is 2.01. The van der Waals surface area contributed by atoms with E-state index in [4.69, 9.17) is 5.73 Å². The largest absolute Gasteiger partial charge is 0.382 e. The molecular weight excluding hydrogens is 234 g/mol. The minimum atomic E-state index is -0.384. The fourth-order valence-corrected chi connectivity index (χ4v) is 1.69. The summed E-state index contributed by atoms with van der Waals surface area (Å²) in [7, 11) is 0. The van der Waals surface area contributed by atoms with Gasteiger partial charge in [0.2, 0.25) is 0 Å². The lowest BCUT2D eigenvalue weighted by Crippen LogP contribution is -2.31. The molecule has 0 saturated carbocycles. The Morgan fingerprint density at radius 3 is 2.83 bits per heavy atom. The van der Waals surface area contributed by atoms with Crippen LogP contribution in [-0.2, 0) is 13.1 Å². The molecule has 3 N–H and O–H groups in total. The van der Waals surface area contributed by atoms with E-state index < -0.39 is 0 Å². The summed E-state index contributed by atoms with van der Waals surface area (Å²) in [5.41, 5.74) is 5.30. The molecule has 0 atom stereocenters. The second-order valence-electron chi connectivity index (χ2n) is 4.12. The van der Waals surface area contributed by atoms with Crippen LogP contribution in [-0.4, -0.2) is 19.3 Å². The molecular formula is C11H15N5O2. The van der Waals surface area contributed by atoms with Crippen LogP contribution in [0.1, 0.15) is 12.0 Å². The molecule has 0 aliphatic rings. The van der Waals surface area contributed by atoms with Crippen molar-refractivity contribution < 1.29 is 0 Å². The second-order valence-corrected chi connectivity index (χ2v) is 4.12. The van der Waals surface area contributed by atoms with Gasteiger partial charge in [0, 0.05) is 31.0 Å². The SMILES string of the molecule is Cc1cn(CCCn2ccc(N)n2)c(=O)[nH]c1=O. The van der Waals surface area contributed by atoms with Crippen LogP contribution in [0.4, 0.5) is 5.82 Å². The monoisotopic (exact) mass is 249 g/mol. The van der Waals surface area contributed by atoms with Crippen molar-refractivity contribution in [2.75, 3.05) is 5.73 Å². The second kappa shape index (κ2) is 4.91. The van der Waals surface area contributed by atoms with E-state index in [0.717, 1.165) is 6.42 Å². The first-order valence-corrected chi connectivity index (χ1v) is 5.65. The first kappa shape index (κ1) is 12.2. The number of nitrogens with zero attached hydrogens (tertiary/aromatic N) is 3. The van der Waals surface area contributed by atoms with E-state index >= 15 is 0 Å². The van der Waals surface area contributed by atoms with Crippen molar-refractivity contribution in [2.24, 2.45) is 0 Å². The van der Waals surface area contributed by atoms with Gasteiger partial charge in [-0.1, -0.05) is 0 Å². The maximum absolute atomic E-state index is 11.5. The third kappa shape index (κ3) is 2.68. The zero-order valence-electron chi connectivity index (χ0n) is 10.1. The molecule has 0 bridgehead atoms. The molecule has 2 aromatic heterocycles. The van der Waals surface area contributed by atoms with Gasteiger partial charge in [-0.05, 0) is 19.4 Å². The van der Waals surface area contributed by atoms with Crippen molar-refractivity contribution in [1.29, 1.82) is 0 Å². The summed E-state index contributed by atoms with van der Waals surface area (Å²) in [6.07, 6.45) is 4.08. The topological polar surface area (TPSA) is 98.7 Å². The molecule has 0 aliphatic carbocycles. The summed E-state index contributed by atoms with van der Waals surface area (Å²) in [5, 5.41) is 4.05. The fraction of sp³-hybridized carbons (Fsp3) is 0.364. The molecule has 7 heteroatoms. The number of aromatic amines is 1. The van der Waals surface area contributed by atoms with Crippen molar-refractivity contribution in [3.8, 4) is 0 Å². The number of aryl methyl sites for hydroxylation is 3. The molecule has 96 valence electrons. The molecule has 0 aliphatic heterocycles. The van der Waals surface area contributed by atoms with Gasteiger partial charge in [0.15, 0.2) is 0 Å². The van der Waals surface area contributed by atoms with E-state index in [9.17, 15) is 9.59 Å². The summed E-state index contributed by atoms with van der Waals surface area (Å²) >= 11 is 0. The first-order valence-electron chi connectivity index (χ1n) is 5.65. The van der Waals surface area contributed by atoms with E-state index in [0.29, 0.717) is 24.5 Å². The Kier molecular flexibility index (Phi) is 3.31. The number of nitrogens with two attached hydrogens (primary N) is 1. The van der Waals surface area contributed by atoms with Gasteiger partial charge >= 0.3 is 5.69 Å². The van der Waals surface area contributed by atoms with E-state index in [1.807, 2.05) is 0 Å². The molecule has 2 rings (SSSR count). The lowest BCUT2D eigenvalue weighted by molar-refractivity contribution is 0.513. The standard InChI is InChI=1S/C11H15N5O2/c1-8-7-15(11(18)13-10(8)17)4-2-5-16-6-3-9(12)14-16/h3,6-7H,2,4-5H2,1H3,(H2,12,14)(H,13,17,18). The number of aromatic nitrogens is 4. The summed E-state index contributed by atoms with van der Waals surface area (Å²) < 4.78 is 3.21. The highest BCUT2D eigenvalue weighted by molar-refractivity contribution is 5.23. The van der Waals surface area contributed by atoms with Crippen LogP contribution in [0.15, 0.2) is 28.0 Å². The molecule has 0 spiro atoms. The Hall–Kier alpha value is -2.31. The molecule has 7 nitrogen and oxygen atoms in total. The number of nitrogen functional groups attached to an aromatic ring is 1. The summed E-state index contributed by atoms with van der Waals surface area (Å²) in [6.45, 7) is 2.86. The normalized spacial score (nSPS) is 10.7. The van der Waals surface area contributed by atoms with Gasteiger partial charge in [-0.3, -0.25) is 14.5 Å². The van der Waals surface area contributed by atoms with Crippen molar-refractivity contribution in [1.82, 2.24) is 19.3 Å². The molecule has 0 saturated heterocycles. The summed E-state index contributed by atoms with van der Waals surface area (Å²) in [6, 6.07) is 1.72. The minimum Gasteiger partial charge on any atom is -0.382 e. The number of hydrogen-bond donors (Lipinski definition) is 2. The molecule has 2 aromatic rings. The molecule has 0 unspecified atom stereocenters. The molecule has 18 heavy (non-hydrogen) atoms. The Morgan fingerprint density at radius 2 is 2.17 bits per heavy atom. The number of H-pyrrole nitrogens is 1. The molecule has 0 aromatic carbocycles. The van der Waals surface area contributed by atoms with Crippen LogP contribution in [0.2, 0.25) is 0 Å². The first-order chi connectivity index (χ1) is 8.56. The Labute approximate surface area is 103 Å². The van der Waals surface area contributed by atoms with Crippen LogP contribution in [0.3, 0.4) is 0 Å². The van der Waals surface area contributed by atoms with Crippen molar-refractivity contribution >= 4 is 5.82 Å². The predicted molar refractivity (Wildman–Crippen MR) is 67.3 cm³/mol. The van der Waals surface area contributed by atoms with Gasteiger partial charge in [0.1, 0.15) is 5.82 Å². The zero-order chi connectivity index (χ0) is 13.1. The van der Waals surface area contributed by atoms with Gasteiger partial charge in [0.05, 0.1) is 0 Å². The quantitative estimate of drug-likeness (QED) is 0.778. The Morgan fingerprint density at radius 1 is 1.39 bits per heavy atom. The lowest BCUT2D eigenvalue weighted by atomic mass is 10.3. The van der Waals surface area contributed by atoms with Crippen LogP contribution < -0.4 is 17.0 Å². The predicted octanol–water partition coefficient (Wildman–Crippen LogP) is -0.286. The van der Waals surface area contributed by atoms with Crippen molar-refractivity contribution in [3.63, 3.8) is 0 Å². The smallest absolute Gasteiger partial charge is 0.328 e. The number of anilines is 1. The molecule has 0 amide bonds. The Balaban J connectivity index is 2.00. The van der Waals surface area contributed by atoms with E-state index in [-0.39, 0.29) is 11.2 Å². The van der Waals surface area contributed by atoms with Crippen LogP contribution in [0, 0.1) is 6.92 Å². The van der Waals surface area contributed by atoms with E-state index in [1.165, 1.54) is 4.57 Å². The molecule has 0 radical (unpaired) electrons. The van der Waals surface area contributed by atoms with Crippen molar-refractivity contribution in [3.05, 3.63) is 44.9 Å². The van der Waals surface area contributed by atoms with E-state index in [2.05, 4.69) is 10.1 Å². The number of hydrogen-bond acceptors (Lipinski definition) is 4. The van der Waals surface area contributed by atoms with Gasteiger partial charge < -0.3 is 10.3 Å². The van der Waals surface area contributed by atoms with E-state index in [1.54, 1.807) is 30.1 Å². The summed E-state index contributed by atoms with van der Waals surface area (Å²) in [5.74, 6) is 0.479. The Bertz CT molecular complexity index is 652. The number of rotatable bonds is 4. The van der Waals surface area contributed by atoms with Crippen LogP contribution in [0.5, 0.6) is 0 Å². The average Bonchev–Trinajstić information content (AvgIpc) is 2.71. The highest BCUT2D eigenvalue weighted by atomic mass is 16.2. The maximum Gasteiger partial charge on any atom is 0.328 e.